The molecule has 0 aliphatic carbocycles. The Labute approximate surface area is 105 Å². The van der Waals surface area contributed by atoms with Crippen molar-refractivity contribution in [3.63, 3.8) is 0 Å². The molecule has 3 amide bonds. The minimum atomic E-state index is -0.680. The first-order valence-electron chi connectivity index (χ1n) is 5.66. The average Bonchev–Trinajstić information content (AvgIpc) is 2.36. The van der Waals surface area contributed by atoms with E-state index in [0.29, 0.717) is 11.5 Å². The quantitative estimate of drug-likeness (QED) is 0.507. The molecule has 1 aromatic carbocycles. The number of aryl methyl sites for hydroxylation is 1. The number of carbonyl (C=O) groups excluding carboxylic acids is 2. The van der Waals surface area contributed by atoms with Crippen LogP contribution in [0.5, 0.6) is 0 Å². The minimum absolute atomic E-state index is 0.0244. The summed E-state index contributed by atoms with van der Waals surface area (Å²) in [7, 11) is 0. The third-order valence-corrected chi connectivity index (χ3v) is 2.38. The number of hydroxylamine groups is 2. The molecule has 0 aliphatic heterocycles. The Balaban J connectivity index is 2.25. The normalized spacial score (nSPS) is 9.83. The number of benzene rings is 1. The van der Waals surface area contributed by atoms with Gasteiger partial charge in [0.25, 0.3) is 0 Å². The van der Waals surface area contributed by atoms with E-state index in [2.05, 4.69) is 5.32 Å². The van der Waals surface area contributed by atoms with Crippen LogP contribution in [0.25, 0.3) is 0 Å². The summed E-state index contributed by atoms with van der Waals surface area (Å²) in [5, 5.41) is 12.3. The van der Waals surface area contributed by atoms with Gasteiger partial charge in [0.2, 0.25) is 5.91 Å². The summed E-state index contributed by atoms with van der Waals surface area (Å²) in [4.78, 5) is 21.9. The van der Waals surface area contributed by atoms with Gasteiger partial charge in [0, 0.05) is 13.0 Å². The maximum Gasteiger partial charge on any atom is 0.312 e. The number of carbonyl (C=O) groups is 2. The molecule has 0 saturated heterocycles. The highest BCUT2D eigenvalue weighted by Gasteiger charge is 2.10. The Hall–Kier alpha value is -2.08. The molecule has 0 unspecified atom stereocenters. The van der Waals surface area contributed by atoms with Gasteiger partial charge >= 0.3 is 6.03 Å². The lowest BCUT2D eigenvalue weighted by Crippen LogP contribution is -2.38. The number of nitrogens with two attached hydrogens (primary N) is 1. The number of urea groups is 1. The van der Waals surface area contributed by atoms with Crippen LogP contribution in [0.15, 0.2) is 30.3 Å². The standard InChI is InChI=1S/C12H17N3O3/c13-12(17)14-8-9-15(18)11(16)7-6-10-4-2-1-3-5-10/h1-5,18H,6-9H2,(H3,13,14,17). The van der Waals surface area contributed by atoms with Crippen molar-refractivity contribution in [1.82, 2.24) is 10.4 Å². The van der Waals surface area contributed by atoms with Crippen molar-refractivity contribution in [3.8, 4) is 0 Å². The van der Waals surface area contributed by atoms with Crippen LogP contribution in [-0.4, -0.2) is 35.3 Å². The molecule has 98 valence electrons. The van der Waals surface area contributed by atoms with Crippen molar-refractivity contribution in [2.45, 2.75) is 12.8 Å². The lowest BCUT2D eigenvalue weighted by Gasteiger charge is -2.14. The fourth-order valence-corrected chi connectivity index (χ4v) is 1.43. The van der Waals surface area contributed by atoms with Crippen LogP contribution in [0.3, 0.4) is 0 Å². The molecule has 0 aliphatic rings. The summed E-state index contributed by atoms with van der Waals surface area (Å²) in [6.45, 7) is 0.152. The number of nitrogens with zero attached hydrogens (tertiary/aromatic N) is 1. The van der Waals surface area contributed by atoms with E-state index in [1.807, 2.05) is 30.3 Å². The lowest BCUT2D eigenvalue weighted by molar-refractivity contribution is -0.164. The molecule has 6 heteroatoms. The maximum atomic E-state index is 11.5. The lowest BCUT2D eigenvalue weighted by atomic mass is 10.1. The highest BCUT2D eigenvalue weighted by molar-refractivity contribution is 5.75. The van der Waals surface area contributed by atoms with E-state index in [1.54, 1.807) is 0 Å². The van der Waals surface area contributed by atoms with Gasteiger partial charge in [-0.2, -0.15) is 0 Å². The summed E-state index contributed by atoms with van der Waals surface area (Å²) in [6.07, 6.45) is 0.789. The molecule has 4 N–H and O–H groups in total. The first-order chi connectivity index (χ1) is 8.59. The molecule has 0 radical (unpaired) electrons. The zero-order valence-electron chi connectivity index (χ0n) is 10.0. The van der Waals surface area contributed by atoms with Gasteiger partial charge in [-0.25, -0.2) is 9.86 Å². The number of rotatable bonds is 6. The molecule has 0 heterocycles. The van der Waals surface area contributed by atoms with Crippen molar-refractivity contribution in [2.75, 3.05) is 13.1 Å². The van der Waals surface area contributed by atoms with Crippen molar-refractivity contribution < 1.29 is 14.8 Å². The highest BCUT2D eigenvalue weighted by atomic mass is 16.5. The van der Waals surface area contributed by atoms with Crippen LogP contribution in [0.1, 0.15) is 12.0 Å². The Morgan fingerprint density at radius 3 is 2.56 bits per heavy atom. The number of amides is 3. The average molecular weight is 251 g/mol. The second-order valence-corrected chi connectivity index (χ2v) is 3.79. The second-order valence-electron chi connectivity index (χ2n) is 3.79. The Kier molecular flexibility index (Phi) is 5.66. The zero-order valence-corrected chi connectivity index (χ0v) is 10.0. The summed E-state index contributed by atoms with van der Waals surface area (Å²) < 4.78 is 0. The maximum absolute atomic E-state index is 11.5. The molecular formula is C12H17N3O3. The predicted molar refractivity (Wildman–Crippen MR) is 65.8 cm³/mol. The largest absolute Gasteiger partial charge is 0.352 e. The SMILES string of the molecule is NC(=O)NCCN(O)C(=O)CCc1ccccc1. The second kappa shape index (κ2) is 7.29. The monoisotopic (exact) mass is 251 g/mol. The van der Waals surface area contributed by atoms with Crippen LogP contribution in [0, 0.1) is 0 Å². The van der Waals surface area contributed by atoms with Gasteiger partial charge < -0.3 is 11.1 Å². The van der Waals surface area contributed by atoms with Crippen LogP contribution >= 0.6 is 0 Å². The van der Waals surface area contributed by atoms with Gasteiger partial charge in [-0.1, -0.05) is 30.3 Å². The Bertz CT molecular complexity index is 395. The molecule has 18 heavy (non-hydrogen) atoms. The third-order valence-electron chi connectivity index (χ3n) is 2.38. The zero-order chi connectivity index (χ0) is 13.4. The Morgan fingerprint density at radius 2 is 1.94 bits per heavy atom. The molecule has 0 atom stereocenters. The number of hydrogen-bond donors (Lipinski definition) is 3. The number of nitrogens with one attached hydrogen (secondary N) is 1. The van der Waals surface area contributed by atoms with Gasteiger partial charge in [0.05, 0.1) is 6.54 Å². The molecule has 6 nitrogen and oxygen atoms in total. The van der Waals surface area contributed by atoms with E-state index >= 15 is 0 Å². The van der Waals surface area contributed by atoms with E-state index in [-0.39, 0.29) is 25.4 Å². The van der Waals surface area contributed by atoms with E-state index in [4.69, 9.17) is 5.73 Å². The van der Waals surface area contributed by atoms with E-state index in [1.165, 1.54) is 0 Å². The topological polar surface area (TPSA) is 95.7 Å². The van der Waals surface area contributed by atoms with Gasteiger partial charge in [-0.15, -0.1) is 0 Å². The minimum Gasteiger partial charge on any atom is -0.352 e. The molecule has 0 bridgehead atoms. The van der Waals surface area contributed by atoms with Gasteiger partial charge in [0.1, 0.15) is 0 Å². The molecule has 0 spiro atoms. The fourth-order valence-electron chi connectivity index (χ4n) is 1.43. The van der Waals surface area contributed by atoms with Crippen LogP contribution in [0.2, 0.25) is 0 Å². The number of primary amides is 1. The Morgan fingerprint density at radius 1 is 1.28 bits per heavy atom. The summed E-state index contributed by atoms with van der Waals surface area (Å²) in [5.74, 6) is -0.384. The van der Waals surface area contributed by atoms with Gasteiger partial charge in [-0.3, -0.25) is 10.0 Å². The van der Waals surface area contributed by atoms with E-state index in [9.17, 15) is 14.8 Å². The van der Waals surface area contributed by atoms with Crippen molar-refractivity contribution in [2.24, 2.45) is 5.73 Å². The van der Waals surface area contributed by atoms with Crippen LogP contribution < -0.4 is 11.1 Å². The molecular weight excluding hydrogens is 234 g/mol. The van der Waals surface area contributed by atoms with Crippen LogP contribution in [-0.2, 0) is 11.2 Å². The summed E-state index contributed by atoms with van der Waals surface area (Å²) in [6, 6.07) is 8.85. The fraction of sp³-hybridized carbons (Fsp3) is 0.333. The van der Waals surface area contributed by atoms with Crippen molar-refractivity contribution in [3.05, 3.63) is 35.9 Å². The highest BCUT2D eigenvalue weighted by Crippen LogP contribution is 2.03. The molecule has 0 saturated carbocycles. The van der Waals surface area contributed by atoms with Gasteiger partial charge in [0.15, 0.2) is 0 Å². The van der Waals surface area contributed by atoms with Crippen molar-refractivity contribution in [1.29, 1.82) is 0 Å². The van der Waals surface area contributed by atoms with Crippen LogP contribution in [0.4, 0.5) is 4.79 Å². The molecule has 1 rings (SSSR count). The smallest absolute Gasteiger partial charge is 0.312 e. The molecule has 0 fully saturated rings. The van der Waals surface area contributed by atoms with Gasteiger partial charge in [-0.05, 0) is 12.0 Å². The van der Waals surface area contributed by atoms with Crippen molar-refractivity contribution >= 4 is 11.9 Å². The molecule has 1 aromatic rings. The van der Waals surface area contributed by atoms with E-state index in [0.717, 1.165) is 5.56 Å². The summed E-state index contributed by atoms with van der Waals surface area (Å²) in [5.41, 5.74) is 5.89. The predicted octanol–water partition coefficient (Wildman–Crippen LogP) is 0.505. The summed E-state index contributed by atoms with van der Waals surface area (Å²) >= 11 is 0. The molecule has 0 aromatic heterocycles. The third kappa shape index (κ3) is 5.31. The first-order valence-corrected chi connectivity index (χ1v) is 5.66. The van der Waals surface area contributed by atoms with E-state index < -0.39 is 6.03 Å². The first kappa shape index (κ1) is 14.0. The number of hydrogen-bond acceptors (Lipinski definition) is 3.